The lowest BCUT2D eigenvalue weighted by Gasteiger charge is -1.99. The summed E-state index contributed by atoms with van der Waals surface area (Å²) in [6, 6.07) is 6.68. The van der Waals surface area contributed by atoms with Gasteiger partial charge in [0.1, 0.15) is 11.5 Å². The molecule has 0 aliphatic heterocycles. The Morgan fingerprint density at radius 3 is 2.74 bits per heavy atom. The molecule has 9 heteroatoms. The Balaban J connectivity index is 1.90. The van der Waals surface area contributed by atoms with Crippen LogP contribution >= 0.6 is 27.3 Å². The number of aromatic nitrogens is 6. The van der Waals surface area contributed by atoms with Crippen LogP contribution in [0.2, 0.25) is 0 Å². The van der Waals surface area contributed by atoms with Crippen LogP contribution < -0.4 is 0 Å². The third kappa shape index (κ3) is 2.36. The normalized spacial score (nSPS) is 11.5. The largest absolute Gasteiger partial charge is 0.264 e. The van der Waals surface area contributed by atoms with E-state index in [1.54, 1.807) is 21.3 Å². The maximum atomic E-state index is 14.1. The fourth-order valence-corrected chi connectivity index (χ4v) is 3.59. The number of nitrogens with zero attached hydrogens (tertiary/aromatic N) is 6. The van der Waals surface area contributed by atoms with E-state index < -0.39 is 0 Å². The predicted octanol–water partition coefficient (Wildman–Crippen LogP) is 3.46. The SMILES string of the molecule is Cc1cc(-c2nnc3sc(-c4cc(Br)ccc4F)nn23)n(C)n1. The van der Waals surface area contributed by atoms with E-state index in [4.69, 9.17) is 0 Å². The minimum absolute atomic E-state index is 0.323. The molecular weight excluding hydrogens is 383 g/mol. The van der Waals surface area contributed by atoms with E-state index in [0.29, 0.717) is 21.4 Å². The van der Waals surface area contributed by atoms with Gasteiger partial charge in [-0.15, -0.1) is 10.2 Å². The minimum atomic E-state index is -0.323. The second-order valence-electron chi connectivity index (χ2n) is 5.04. The standard InChI is InChI=1S/C14H10BrFN6S/c1-7-5-11(21(2)19-7)12-17-18-14-22(12)20-13(23-14)9-6-8(15)3-4-10(9)16/h3-6H,1-2H3. The molecule has 0 aliphatic rings. The molecule has 4 rings (SSSR count). The average molecular weight is 393 g/mol. The molecule has 0 N–H and O–H groups in total. The third-order valence-electron chi connectivity index (χ3n) is 3.38. The van der Waals surface area contributed by atoms with Crippen LogP contribution in [0.4, 0.5) is 4.39 Å². The first-order chi connectivity index (χ1) is 11.0. The van der Waals surface area contributed by atoms with E-state index in [0.717, 1.165) is 15.9 Å². The minimum Gasteiger partial charge on any atom is -0.264 e. The van der Waals surface area contributed by atoms with Crippen LogP contribution in [0.3, 0.4) is 0 Å². The topological polar surface area (TPSA) is 60.9 Å². The summed E-state index contributed by atoms with van der Waals surface area (Å²) in [7, 11) is 1.84. The summed E-state index contributed by atoms with van der Waals surface area (Å²) in [4.78, 5) is 0.605. The molecule has 0 fully saturated rings. The molecular formula is C14H10BrFN6S. The Labute approximate surface area is 142 Å². The summed E-state index contributed by atoms with van der Waals surface area (Å²) in [5.41, 5.74) is 2.12. The van der Waals surface area contributed by atoms with Gasteiger partial charge in [0, 0.05) is 17.1 Å². The Hall–Kier alpha value is -2.13. The molecule has 0 spiro atoms. The Morgan fingerprint density at radius 1 is 1.17 bits per heavy atom. The van der Waals surface area contributed by atoms with Crippen molar-refractivity contribution >= 4 is 32.2 Å². The quantitative estimate of drug-likeness (QED) is 0.523. The van der Waals surface area contributed by atoms with Crippen molar-refractivity contribution in [3.8, 4) is 22.1 Å². The lowest BCUT2D eigenvalue weighted by Crippen LogP contribution is -1.98. The van der Waals surface area contributed by atoms with Gasteiger partial charge < -0.3 is 0 Å². The second-order valence-corrected chi connectivity index (χ2v) is 6.92. The number of benzene rings is 1. The molecule has 4 aromatic rings. The highest BCUT2D eigenvalue weighted by molar-refractivity contribution is 9.10. The van der Waals surface area contributed by atoms with Gasteiger partial charge in [-0.2, -0.15) is 14.7 Å². The van der Waals surface area contributed by atoms with Crippen molar-refractivity contribution in [2.45, 2.75) is 6.92 Å². The third-order valence-corrected chi connectivity index (χ3v) is 4.81. The molecule has 0 bridgehead atoms. The van der Waals surface area contributed by atoms with Gasteiger partial charge in [-0.3, -0.25) is 4.68 Å². The number of aryl methyl sites for hydroxylation is 2. The highest BCUT2D eigenvalue weighted by Gasteiger charge is 2.18. The summed E-state index contributed by atoms with van der Waals surface area (Å²) in [6.07, 6.45) is 0. The summed E-state index contributed by atoms with van der Waals surface area (Å²) < 4.78 is 18.2. The maximum Gasteiger partial charge on any atom is 0.235 e. The van der Waals surface area contributed by atoms with E-state index >= 15 is 0 Å². The molecule has 0 unspecified atom stereocenters. The van der Waals surface area contributed by atoms with Gasteiger partial charge in [-0.25, -0.2) is 4.39 Å². The van der Waals surface area contributed by atoms with Crippen LogP contribution in [0.5, 0.6) is 0 Å². The molecule has 0 amide bonds. The fraction of sp³-hybridized carbons (Fsp3) is 0.143. The van der Waals surface area contributed by atoms with E-state index in [-0.39, 0.29) is 5.82 Å². The van der Waals surface area contributed by atoms with Gasteiger partial charge in [0.15, 0.2) is 5.01 Å². The first-order valence-electron chi connectivity index (χ1n) is 6.71. The predicted molar refractivity (Wildman–Crippen MR) is 88.7 cm³/mol. The van der Waals surface area contributed by atoms with Gasteiger partial charge in [-0.1, -0.05) is 27.3 Å². The van der Waals surface area contributed by atoms with Crippen molar-refractivity contribution in [2.24, 2.45) is 7.05 Å². The van der Waals surface area contributed by atoms with Gasteiger partial charge in [-0.05, 0) is 31.2 Å². The molecule has 23 heavy (non-hydrogen) atoms. The molecule has 0 saturated heterocycles. The van der Waals surface area contributed by atoms with Crippen LogP contribution in [0, 0.1) is 12.7 Å². The van der Waals surface area contributed by atoms with Crippen molar-refractivity contribution in [2.75, 3.05) is 0 Å². The van der Waals surface area contributed by atoms with Gasteiger partial charge in [0.25, 0.3) is 0 Å². The Morgan fingerprint density at radius 2 is 2.00 bits per heavy atom. The lowest BCUT2D eigenvalue weighted by atomic mass is 10.2. The molecule has 1 aromatic carbocycles. The summed E-state index contributed by atoms with van der Waals surface area (Å²) in [5.74, 6) is 0.261. The van der Waals surface area contributed by atoms with Crippen molar-refractivity contribution < 1.29 is 4.39 Å². The highest BCUT2D eigenvalue weighted by atomic mass is 79.9. The van der Waals surface area contributed by atoms with Crippen LogP contribution in [-0.4, -0.2) is 29.6 Å². The van der Waals surface area contributed by atoms with Gasteiger partial charge in [0.05, 0.1) is 5.69 Å². The number of halogens is 2. The second kappa shape index (κ2) is 5.20. The Bertz CT molecular complexity index is 1030. The van der Waals surface area contributed by atoms with E-state index in [1.807, 2.05) is 20.0 Å². The summed E-state index contributed by atoms with van der Waals surface area (Å²) >= 11 is 4.64. The number of fused-ring (bicyclic) bond motifs is 1. The molecule has 116 valence electrons. The highest BCUT2D eigenvalue weighted by Crippen LogP contribution is 2.31. The van der Waals surface area contributed by atoms with E-state index in [1.165, 1.54) is 17.4 Å². The average Bonchev–Trinajstić information content (AvgIpc) is 3.15. The molecule has 0 radical (unpaired) electrons. The molecule has 6 nitrogen and oxygen atoms in total. The monoisotopic (exact) mass is 392 g/mol. The van der Waals surface area contributed by atoms with Gasteiger partial charge in [0.2, 0.25) is 10.8 Å². The number of hydrogen-bond donors (Lipinski definition) is 0. The smallest absolute Gasteiger partial charge is 0.235 e. The first-order valence-corrected chi connectivity index (χ1v) is 8.32. The molecule has 3 heterocycles. The fourth-order valence-electron chi connectivity index (χ4n) is 2.37. The van der Waals surface area contributed by atoms with Crippen molar-refractivity contribution in [1.29, 1.82) is 0 Å². The van der Waals surface area contributed by atoms with Crippen LogP contribution in [0.25, 0.3) is 27.1 Å². The molecule has 3 aromatic heterocycles. The van der Waals surface area contributed by atoms with Crippen molar-refractivity contribution in [3.63, 3.8) is 0 Å². The molecule has 0 atom stereocenters. The van der Waals surface area contributed by atoms with Crippen molar-refractivity contribution in [3.05, 3.63) is 40.2 Å². The lowest BCUT2D eigenvalue weighted by molar-refractivity contribution is 0.630. The zero-order valence-electron chi connectivity index (χ0n) is 12.2. The zero-order chi connectivity index (χ0) is 16.1. The van der Waals surface area contributed by atoms with Crippen molar-refractivity contribution in [1.82, 2.24) is 29.6 Å². The van der Waals surface area contributed by atoms with Crippen LogP contribution in [0.1, 0.15) is 5.69 Å². The van der Waals surface area contributed by atoms with E-state index in [9.17, 15) is 4.39 Å². The Kier molecular flexibility index (Phi) is 3.27. The van der Waals surface area contributed by atoms with E-state index in [2.05, 4.69) is 36.3 Å². The zero-order valence-corrected chi connectivity index (χ0v) is 14.6. The van der Waals surface area contributed by atoms with Crippen LogP contribution in [0.15, 0.2) is 28.7 Å². The molecule has 0 saturated carbocycles. The van der Waals surface area contributed by atoms with Gasteiger partial charge >= 0.3 is 0 Å². The molecule has 0 aliphatic carbocycles. The van der Waals surface area contributed by atoms with Crippen LogP contribution in [-0.2, 0) is 7.05 Å². The summed E-state index contributed by atoms with van der Waals surface area (Å²) in [5, 5.41) is 17.6. The summed E-state index contributed by atoms with van der Waals surface area (Å²) in [6.45, 7) is 1.91. The number of rotatable bonds is 2. The maximum absolute atomic E-state index is 14.1. The number of hydrogen-bond acceptors (Lipinski definition) is 5. The first kappa shape index (κ1) is 14.5.